The summed E-state index contributed by atoms with van der Waals surface area (Å²) in [7, 11) is 1.59. The molecule has 5 nitrogen and oxygen atoms in total. The average Bonchev–Trinajstić information content (AvgIpc) is 2.83. The van der Waals surface area contributed by atoms with Gasteiger partial charge in [-0.25, -0.2) is 4.79 Å². The van der Waals surface area contributed by atoms with Crippen LogP contribution >= 0.6 is 0 Å². The standard InChI is InChI=1S/C26H18N2O3/c1-27-24(17-19-9-13-22(30-3)14-10-19)25(28-2)18-20-11-15-23(16-12-20)31-26(29)21-7-5-4-6-8-21/h4-18H,3H3/b24-17-,25-18-. The highest BCUT2D eigenvalue weighted by molar-refractivity contribution is 5.91. The average molecular weight is 406 g/mol. The lowest BCUT2D eigenvalue weighted by atomic mass is 10.1. The minimum atomic E-state index is -0.441. The van der Waals surface area contributed by atoms with Crippen molar-refractivity contribution in [2.45, 2.75) is 0 Å². The van der Waals surface area contributed by atoms with Crippen LogP contribution in [0.4, 0.5) is 0 Å². The first-order valence-corrected chi connectivity index (χ1v) is 9.33. The number of benzene rings is 3. The smallest absolute Gasteiger partial charge is 0.343 e. The number of nitrogens with zero attached hydrogens (tertiary/aromatic N) is 2. The molecule has 3 aromatic carbocycles. The number of rotatable bonds is 6. The quantitative estimate of drug-likeness (QED) is 0.214. The SMILES string of the molecule is [C-]#[N+]C(=C\c1ccc(OC)cc1)/C(=C/c1ccc(OC(=O)c2ccccc2)cc1)[N+]#[C-]. The molecule has 0 spiro atoms. The number of carbonyl (C=O) groups is 1. The van der Waals surface area contributed by atoms with Crippen LogP contribution in [0.2, 0.25) is 0 Å². The normalized spacial score (nSPS) is 11.2. The molecular formula is C26H18N2O3. The number of hydrogen-bond acceptors (Lipinski definition) is 3. The van der Waals surface area contributed by atoms with Crippen LogP contribution in [0, 0.1) is 13.1 Å². The first-order chi connectivity index (χ1) is 15.1. The van der Waals surface area contributed by atoms with Gasteiger partial charge in [-0.3, -0.25) is 9.69 Å². The summed E-state index contributed by atoms with van der Waals surface area (Å²) in [5, 5.41) is 0. The summed E-state index contributed by atoms with van der Waals surface area (Å²) >= 11 is 0. The molecule has 0 aliphatic rings. The molecule has 0 aromatic heterocycles. The van der Waals surface area contributed by atoms with E-state index in [2.05, 4.69) is 9.69 Å². The summed E-state index contributed by atoms with van der Waals surface area (Å²) in [6.45, 7) is 15.0. The summed E-state index contributed by atoms with van der Waals surface area (Å²) in [6.07, 6.45) is 3.29. The van der Waals surface area contributed by atoms with Crippen molar-refractivity contribution in [3.63, 3.8) is 0 Å². The molecule has 0 heterocycles. The Hall–Kier alpha value is -4.61. The van der Waals surface area contributed by atoms with Gasteiger partial charge >= 0.3 is 5.97 Å². The van der Waals surface area contributed by atoms with Crippen LogP contribution in [0.25, 0.3) is 21.8 Å². The summed E-state index contributed by atoms with van der Waals surface area (Å²) < 4.78 is 10.5. The second kappa shape index (κ2) is 10.2. The predicted molar refractivity (Wildman–Crippen MR) is 120 cm³/mol. The van der Waals surface area contributed by atoms with Gasteiger partial charge in [0.25, 0.3) is 0 Å². The second-order valence-electron chi connectivity index (χ2n) is 6.38. The van der Waals surface area contributed by atoms with Gasteiger partial charge in [0.2, 0.25) is 0 Å². The molecule has 0 aliphatic carbocycles. The number of hydrogen-bond donors (Lipinski definition) is 0. The predicted octanol–water partition coefficient (Wildman–Crippen LogP) is 6.13. The van der Waals surface area contributed by atoms with Gasteiger partial charge in [-0.2, -0.15) is 0 Å². The fourth-order valence-corrected chi connectivity index (χ4v) is 2.72. The van der Waals surface area contributed by atoms with Crippen LogP contribution in [0.5, 0.6) is 11.5 Å². The Bertz CT molecular complexity index is 1190. The highest BCUT2D eigenvalue weighted by atomic mass is 16.5. The first-order valence-electron chi connectivity index (χ1n) is 9.33. The molecule has 31 heavy (non-hydrogen) atoms. The van der Waals surface area contributed by atoms with Crippen LogP contribution in [-0.4, -0.2) is 13.1 Å². The second-order valence-corrected chi connectivity index (χ2v) is 6.38. The van der Waals surface area contributed by atoms with E-state index in [-0.39, 0.29) is 11.4 Å². The highest BCUT2D eigenvalue weighted by Crippen LogP contribution is 2.23. The maximum absolute atomic E-state index is 12.1. The number of ether oxygens (including phenoxy) is 2. The third-order valence-electron chi connectivity index (χ3n) is 4.33. The Morgan fingerprint density at radius 3 is 1.68 bits per heavy atom. The van der Waals surface area contributed by atoms with Crippen molar-refractivity contribution in [1.82, 2.24) is 0 Å². The maximum Gasteiger partial charge on any atom is 0.343 e. The third kappa shape index (κ3) is 5.69. The van der Waals surface area contributed by atoms with E-state index in [9.17, 15) is 4.79 Å². The molecule has 0 aliphatic heterocycles. The molecule has 0 radical (unpaired) electrons. The zero-order valence-corrected chi connectivity index (χ0v) is 16.8. The lowest BCUT2D eigenvalue weighted by Gasteiger charge is -2.05. The zero-order valence-electron chi connectivity index (χ0n) is 16.8. The van der Waals surface area contributed by atoms with Crippen molar-refractivity contribution in [3.8, 4) is 11.5 Å². The Labute approximate surface area is 181 Å². The van der Waals surface area contributed by atoms with Crippen LogP contribution in [0.1, 0.15) is 21.5 Å². The van der Waals surface area contributed by atoms with E-state index in [1.807, 2.05) is 18.2 Å². The Balaban J connectivity index is 1.78. The molecule has 0 saturated carbocycles. The summed E-state index contributed by atoms with van der Waals surface area (Å²) in [5.41, 5.74) is 2.44. The van der Waals surface area contributed by atoms with Crippen LogP contribution in [-0.2, 0) is 0 Å². The zero-order chi connectivity index (χ0) is 22.1. The van der Waals surface area contributed by atoms with Gasteiger partial charge < -0.3 is 9.47 Å². The topological polar surface area (TPSA) is 44.2 Å². The molecule has 0 saturated heterocycles. The number of esters is 1. The van der Waals surface area contributed by atoms with E-state index in [1.165, 1.54) is 0 Å². The maximum atomic E-state index is 12.1. The lowest BCUT2D eigenvalue weighted by Crippen LogP contribution is -2.07. The number of carbonyl (C=O) groups excluding carboxylic acids is 1. The highest BCUT2D eigenvalue weighted by Gasteiger charge is 2.09. The van der Waals surface area contributed by atoms with E-state index in [0.29, 0.717) is 11.3 Å². The minimum Gasteiger partial charge on any atom is -0.497 e. The van der Waals surface area contributed by atoms with Crippen molar-refractivity contribution in [2.75, 3.05) is 7.11 Å². The fraction of sp³-hybridized carbons (Fsp3) is 0.0385. The third-order valence-corrected chi connectivity index (χ3v) is 4.33. The van der Waals surface area contributed by atoms with E-state index < -0.39 is 5.97 Å². The van der Waals surface area contributed by atoms with Gasteiger partial charge in [0.1, 0.15) is 11.5 Å². The molecule has 0 atom stereocenters. The molecule has 0 fully saturated rings. The van der Waals surface area contributed by atoms with Gasteiger partial charge in [-0.15, -0.1) is 0 Å². The van der Waals surface area contributed by atoms with E-state index in [0.717, 1.165) is 16.9 Å². The fourth-order valence-electron chi connectivity index (χ4n) is 2.72. The molecule has 3 rings (SSSR count). The van der Waals surface area contributed by atoms with Gasteiger partial charge in [-0.1, -0.05) is 54.6 Å². The Kier molecular flexibility index (Phi) is 6.98. The monoisotopic (exact) mass is 406 g/mol. The summed E-state index contributed by atoms with van der Waals surface area (Å²) in [5.74, 6) is 0.675. The molecular weight excluding hydrogens is 388 g/mol. The van der Waals surface area contributed by atoms with Crippen LogP contribution < -0.4 is 9.47 Å². The molecule has 3 aromatic rings. The van der Waals surface area contributed by atoms with Crippen LogP contribution in [0.3, 0.4) is 0 Å². The Morgan fingerprint density at radius 2 is 1.23 bits per heavy atom. The molecule has 0 unspecified atom stereocenters. The van der Waals surface area contributed by atoms with E-state index in [1.54, 1.807) is 79.9 Å². The minimum absolute atomic E-state index is 0.222. The van der Waals surface area contributed by atoms with Gasteiger partial charge in [-0.05, 0) is 47.5 Å². The van der Waals surface area contributed by atoms with Gasteiger partial charge in [0.05, 0.1) is 25.8 Å². The van der Waals surface area contributed by atoms with Crippen LogP contribution in [0.15, 0.2) is 90.3 Å². The van der Waals surface area contributed by atoms with Gasteiger partial charge in [0, 0.05) is 0 Å². The molecule has 0 amide bonds. The summed E-state index contributed by atoms with van der Waals surface area (Å²) in [6, 6.07) is 22.7. The lowest BCUT2D eigenvalue weighted by molar-refractivity contribution is 0.0735. The van der Waals surface area contributed by atoms with E-state index >= 15 is 0 Å². The van der Waals surface area contributed by atoms with Crippen molar-refractivity contribution >= 4 is 18.1 Å². The molecule has 0 N–H and O–H groups in total. The van der Waals surface area contributed by atoms with Crippen molar-refractivity contribution < 1.29 is 14.3 Å². The Morgan fingerprint density at radius 1 is 0.742 bits per heavy atom. The molecule has 150 valence electrons. The summed E-state index contributed by atoms with van der Waals surface area (Å²) in [4.78, 5) is 19.2. The van der Waals surface area contributed by atoms with E-state index in [4.69, 9.17) is 22.6 Å². The largest absolute Gasteiger partial charge is 0.497 e. The van der Waals surface area contributed by atoms with Crippen molar-refractivity contribution in [3.05, 3.63) is 130 Å². The number of methoxy groups -OCH3 is 1. The first kappa shape index (κ1) is 21.1. The molecule has 5 heteroatoms. The van der Waals surface area contributed by atoms with Crippen molar-refractivity contribution in [1.29, 1.82) is 0 Å². The van der Waals surface area contributed by atoms with Crippen molar-refractivity contribution in [2.24, 2.45) is 0 Å². The van der Waals surface area contributed by atoms with Gasteiger partial charge in [0.15, 0.2) is 11.4 Å². The molecule has 0 bridgehead atoms.